The maximum Gasteiger partial charge on any atom is 0.305 e. The van der Waals surface area contributed by atoms with Crippen LogP contribution in [0.2, 0.25) is 0 Å². The summed E-state index contributed by atoms with van der Waals surface area (Å²) in [5, 5.41) is 23.4. The summed E-state index contributed by atoms with van der Waals surface area (Å²) in [6.07, 6.45) is 73.7. The highest BCUT2D eigenvalue weighted by Crippen LogP contribution is 2.18. The topological polar surface area (TPSA) is 95.9 Å². The molecule has 0 saturated carbocycles. The van der Waals surface area contributed by atoms with Crippen molar-refractivity contribution in [2.24, 2.45) is 0 Å². The van der Waals surface area contributed by atoms with Crippen LogP contribution in [0.3, 0.4) is 0 Å². The summed E-state index contributed by atoms with van der Waals surface area (Å²) in [5.74, 6) is -0.0408. The van der Waals surface area contributed by atoms with Gasteiger partial charge in [-0.2, -0.15) is 0 Å². The van der Waals surface area contributed by atoms with E-state index < -0.39 is 12.1 Å². The van der Waals surface area contributed by atoms with Gasteiger partial charge in [0.25, 0.3) is 0 Å². The molecule has 6 nitrogen and oxygen atoms in total. The summed E-state index contributed by atoms with van der Waals surface area (Å²) in [5.41, 5.74) is 0. The van der Waals surface area contributed by atoms with Crippen LogP contribution in [-0.2, 0) is 14.3 Å². The van der Waals surface area contributed by atoms with Crippen LogP contribution in [0, 0.1) is 0 Å². The first-order valence-corrected chi connectivity index (χ1v) is 32.4. The first kappa shape index (κ1) is 69.6. The highest BCUT2D eigenvalue weighted by atomic mass is 16.5. The summed E-state index contributed by atoms with van der Waals surface area (Å²) in [4.78, 5) is 24.6. The Balaban J connectivity index is 3.44. The number of ether oxygens (including phenoxy) is 1. The largest absolute Gasteiger partial charge is 0.466 e. The number of rotatable bonds is 61. The van der Waals surface area contributed by atoms with Crippen LogP contribution in [0.4, 0.5) is 0 Å². The van der Waals surface area contributed by atoms with Crippen molar-refractivity contribution in [2.75, 3.05) is 13.2 Å². The average Bonchev–Trinajstić information content (AvgIpc) is 3.37. The Labute approximate surface area is 444 Å². The summed E-state index contributed by atoms with van der Waals surface area (Å²) in [6, 6.07) is -0.551. The second kappa shape index (κ2) is 61.1. The fourth-order valence-corrected chi connectivity index (χ4v) is 10.3. The summed E-state index contributed by atoms with van der Waals surface area (Å²) >= 11 is 0. The van der Waals surface area contributed by atoms with Gasteiger partial charge in [0, 0.05) is 12.8 Å². The van der Waals surface area contributed by atoms with Gasteiger partial charge in [0.05, 0.1) is 25.4 Å². The van der Waals surface area contributed by atoms with Crippen molar-refractivity contribution < 1.29 is 24.5 Å². The third-order valence-corrected chi connectivity index (χ3v) is 15.3. The van der Waals surface area contributed by atoms with Gasteiger partial charge in [0.1, 0.15) is 0 Å². The lowest BCUT2D eigenvalue weighted by atomic mass is 10.0. The fraction of sp³-hybridized carbons (Fsp3) is 0.938. The molecule has 0 aliphatic heterocycles. The molecule has 71 heavy (non-hydrogen) atoms. The first-order valence-electron chi connectivity index (χ1n) is 32.4. The van der Waals surface area contributed by atoms with Gasteiger partial charge in [-0.1, -0.05) is 315 Å². The van der Waals surface area contributed by atoms with E-state index in [1.807, 2.05) is 0 Å². The highest BCUT2D eigenvalue weighted by molar-refractivity contribution is 5.76. The fourth-order valence-electron chi connectivity index (χ4n) is 10.3. The second-order valence-corrected chi connectivity index (χ2v) is 22.5. The molecule has 422 valence electrons. The number of nitrogens with one attached hydrogen (secondary N) is 1. The average molecular weight is 1000 g/mol. The lowest BCUT2D eigenvalue weighted by Gasteiger charge is -2.22. The van der Waals surface area contributed by atoms with Crippen LogP contribution in [0.25, 0.3) is 0 Å². The van der Waals surface area contributed by atoms with E-state index in [9.17, 15) is 19.8 Å². The Morgan fingerprint density at radius 3 is 1.00 bits per heavy atom. The smallest absolute Gasteiger partial charge is 0.305 e. The number of hydrogen-bond donors (Lipinski definition) is 3. The molecule has 0 bridgehead atoms. The quantitative estimate of drug-likeness (QED) is 0.0320. The van der Waals surface area contributed by atoms with Crippen molar-refractivity contribution in [1.29, 1.82) is 0 Å². The number of esters is 1. The van der Waals surface area contributed by atoms with Crippen molar-refractivity contribution in [2.45, 2.75) is 379 Å². The van der Waals surface area contributed by atoms with E-state index in [1.165, 1.54) is 283 Å². The predicted octanol–water partition coefficient (Wildman–Crippen LogP) is 20.4. The standard InChI is InChI=1S/C65H127NO5/c1-3-5-7-9-11-13-15-17-19-20-21-22-23-24-25-27-30-33-37-41-45-49-53-57-63(68)62(61-67)66-64(69)58-54-50-46-42-38-34-31-28-26-29-32-36-40-44-48-52-56-60-71-65(70)59-55-51-47-43-39-35-18-16-14-12-10-8-6-4-2/h26,29,62-63,67-68H,3-25,27-28,30-61H2,1-2H3,(H,66,69)/b29-26-. The molecule has 0 aromatic heterocycles. The van der Waals surface area contributed by atoms with E-state index in [-0.39, 0.29) is 18.5 Å². The first-order chi connectivity index (χ1) is 35.0. The van der Waals surface area contributed by atoms with Crippen molar-refractivity contribution in [3.05, 3.63) is 12.2 Å². The van der Waals surface area contributed by atoms with Gasteiger partial charge in [-0.25, -0.2) is 0 Å². The number of unbranched alkanes of at least 4 members (excludes halogenated alkanes) is 48. The van der Waals surface area contributed by atoms with Gasteiger partial charge in [-0.15, -0.1) is 0 Å². The molecule has 0 aliphatic rings. The zero-order chi connectivity index (χ0) is 51.4. The molecular weight excluding hydrogens is 875 g/mol. The molecule has 2 atom stereocenters. The zero-order valence-electron chi connectivity index (χ0n) is 48.2. The highest BCUT2D eigenvalue weighted by Gasteiger charge is 2.20. The Morgan fingerprint density at radius 2 is 0.662 bits per heavy atom. The molecule has 0 fully saturated rings. The van der Waals surface area contributed by atoms with Gasteiger partial charge >= 0.3 is 5.97 Å². The van der Waals surface area contributed by atoms with Crippen molar-refractivity contribution >= 4 is 11.9 Å². The molecule has 3 N–H and O–H groups in total. The van der Waals surface area contributed by atoms with E-state index in [0.29, 0.717) is 25.9 Å². The normalized spacial score (nSPS) is 12.6. The van der Waals surface area contributed by atoms with Crippen LogP contribution in [0.5, 0.6) is 0 Å². The lowest BCUT2D eigenvalue weighted by molar-refractivity contribution is -0.143. The molecule has 0 rings (SSSR count). The Morgan fingerprint density at radius 1 is 0.380 bits per heavy atom. The number of hydrogen-bond acceptors (Lipinski definition) is 5. The van der Waals surface area contributed by atoms with Crippen LogP contribution < -0.4 is 5.32 Å². The zero-order valence-corrected chi connectivity index (χ0v) is 48.2. The van der Waals surface area contributed by atoms with Gasteiger partial charge < -0.3 is 20.3 Å². The molecule has 2 unspecified atom stereocenters. The molecule has 0 radical (unpaired) electrons. The summed E-state index contributed by atoms with van der Waals surface area (Å²) in [7, 11) is 0. The van der Waals surface area contributed by atoms with Crippen molar-refractivity contribution in [3.8, 4) is 0 Å². The third-order valence-electron chi connectivity index (χ3n) is 15.3. The van der Waals surface area contributed by atoms with Crippen LogP contribution in [0.15, 0.2) is 12.2 Å². The minimum atomic E-state index is -0.673. The van der Waals surface area contributed by atoms with E-state index in [2.05, 4.69) is 31.3 Å². The van der Waals surface area contributed by atoms with Gasteiger partial charge in [0.15, 0.2) is 0 Å². The number of carbonyl (C=O) groups is 2. The van der Waals surface area contributed by atoms with E-state index in [4.69, 9.17) is 4.74 Å². The molecule has 0 spiro atoms. The molecule has 1 amide bonds. The Bertz CT molecular complexity index is 1060. The monoisotopic (exact) mass is 1000 g/mol. The molecule has 0 saturated heterocycles. The molecule has 6 heteroatoms. The maximum atomic E-state index is 12.5. The van der Waals surface area contributed by atoms with Crippen molar-refractivity contribution in [3.63, 3.8) is 0 Å². The number of allylic oxidation sites excluding steroid dienone is 2. The molecule has 0 heterocycles. The summed E-state index contributed by atoms with van der Waals surface area (Å²) in [6.45, 7) is 4.97. The SMILES string of the molecule is CCCCCCCCCCCCCCCCCCCCCCCCCC(O)C(CO)NC(=O)CCCCCCCCC/C=C\CCCCCCCCOC(=O)CCCCCCCCCCCCCCCC. The molecule has 0 aromatic carbocycles. The minimum absolute atomic E-state index is 0.00164. The number of aliphatic hydroxyl groups is 2. The third kappa shape index (κ3) is 57.7. The van der Waals surface area contributed by atoms with E-state index in [0.717, 1.165) is 51.4 Å². The van der Waals surface area contributed by atoms with Gasteiger partial charge in [0.2, 0.25) is 5.91 Å². The van der Waals surface area contributed by atoms with Crippen molar-refractivity contribution in [1.82, 2.24) is 5.32 Å². The molecule has 0 aromatic rings. The molecular formula is C65H127NO5. The maximum absolute atomic E-state index is 12.5. The Kier molecular flexibility index (Phi) is 59.9. The predicted molar refractivity (Wildman–Crippen MR) is 310 cm³/mol. The van der Waals surface area contributed by atoms with E-state index in [1.54, 1.807) is 0 Å². The second-order valence-electron chi connectivity index (χ2n) is 22.5. The van der Waals surface area contributed by atoms with Crippen LogP contribution in [-0.4, -0.2) is 47.4 Å². The number of carbonyl (C=O) groups excluding carboxylic acids is 2. The molecule has 0 aliphatic carbocycles. The van der Waals surface area contributed by atoms with Crippen LogP contribution >= 0.6 is 0 Å². The van der Waals surface area contributed by atoms with Gasteiger partial charge in [-0.3, -0.25) is 9.59 Å². The minimum Gasteiger partial charge on any atom is -0.466 e. The summed E-state index contributed by atoms with van der Waals surface area (Å²) < 4.78 is 5.48. The number of aliphatic hydroxyl groups excluding tert-OH is 2. The van der Waals surface area contributed by atoms with E-state index >= 15 is 0 Å². The lowest BCUT2D eigenvalue weighted by Crippen LogP contribution is -2.45. The number of amides is 1. The van der Waals surface area contributed by atoms with Gasteiger partial charge in [-0.05, 0) is 51.4 Å². The van der Waals surface area contributed by atoms with Crippen LogP contribution in [0.1, 0.15) is 367 Å². The Hall–Kier alpha value is -1.40.